The van der Waals surface area contributed by atoms with Gasteiger partial charge in [0.25, 0.3) is 5.91 Å². The van der Waals surface area contributed by atoms with Gasteiger partial charge in [0.05, 0.1) is 25.5 Å². The lowest BCUT2D eigenvalue weighted by Gasteiger charge is -2.26. The fourth-order valence-electron chi connectivity index (χ4n) is 3.04. The van der Waals surface area contributed by atoms with E-state index in [1.807, 2.05) is 5.38 Å². The number of carbonyl (C=O) groups excluding carboxylic acids is 1. The van der Waals surface area contributed by atoms with Crippen molar-refractivity contribution in [3.63, 3.8) is 0 Å². The van der Waals surface area contributed by atoms with E-state index in [9.17, 15) is 4.79 Å². The Morgan fingerprint density at radius 2 is 2.26 bits per heavy atom. The second kappa shape index (κ2) is 6.29. The molecule has 0 spiro atoms. The van der Waals surface area contributed by atoms with E-state index in [-0.39, 0.29) is 5.91 Å². The van der Waals surface area contributed by atoms with E-state index in [0.717, 1.165) is 67.6 Å². The molecule has 2 aliphatic rings. The van der Waals surface area contributed by atoms with Crippen LogP contribution in [0.4, 0.5) is 5.13 Å². The summed E-state index contributed by atoms with van der Waals surface area (Å²) in [6, 6.07) is 0. The van der Waals surface area contributed by atoms with Gasteiger partial charge in [-0.2, -0.15) is 5.10 Å². The molecule has 0 aromatic carbocycles. The van der Waals surface area contributed by atoms with Gasteiger partial charge < -0.3 is 15.0 Å². The molecular formula is C15H19N5O2S. The molecule has 7 nitrogen and oxygen atoms in total. The first-order chi connectivity index (χ1) is 11.3. The van der Waals surface area contributed by atoms with E-state index in [4.69, 9.17) is 4.74 Å². The van der Waals surface area contributed by atoms with E-state index in [1.165, 1.54) is 0 Å². The number of aromatic nitrogens is 3. The van der Waals surface area contributed by atoms with Crippen molar-refractivity contribution in [3.8, 4) is 0 Å². The Hall–Kier alpha value is -1.93. The van der Waals surface area contributed by atoms with Crippen LogP contribution >= 0.6 is 11.3 Å². The van der Waals surface area contributed by atoms with Gasteiger partial charge in [0, 0.05) is 29.7 Å². The number of anilines is 1. The standard InChI is InChI=1S/C15H19N5O2S/c21-14(13-11-2-1-3-12(11)18-19-13)16-8-10-9-23-15(17-10)20-4-6-22-7-5-20/h9H,1-8H2,(H,16,21)(H,18,19). The number of nitrogens with zero attached hydrogens (tertiary/aromatic N) is 3. The smallest absolute Gasteiger partial charge is 0.272 e. The number of rotatable bonds is 4. The minimum Gasteiger partial charge on any atom is -0.378 e. The van der Waals surface area contributed by atoms with Crippen LogP contribution < -0.4 is 10.2 Å². The number of aryl methyl sites for hydroxylation is 1. The van der Waals surface area contributed by atoms with Crippen LogP contribution in [-0.4, -0.2) is 47.4 Å². The van der Waals surface area contributed by atoms with Gasteiger partial charge in [-0.1, -0.05) is 0 Å². The molecule has 122 valence electrons. The highest BCUT2D eigenvalue weighted by molar-refractivity contribution is 7.13. The molecule has 0 radical (unpaired) electrons. The summed E-state index contributed by atoms with van der Waals surface area (Å²) >= 11 is 1.61. The maximum atomic E-state index is 12.3. The van der Waals surface area contributed by atoms with Crippen LogP contribution in [0, 0.1) is 0 Å². The Morgan fingerprint density at radius 1 is 1.39 bits per heavy atom. The summed E-state index contributed by atoms with van der Waals surface area (Å²) < 4.78 is 5.35. The lowest BCUT2D eigenvalue weighted by atomic mass is 10.2. The van der Waals surface area contributed by atoms with Gasteiger partial charge >= 0.3 is 0 Å². The molecule has 23 heavy (non-hydrogen) atoms. The molecule has 0 atom stereocenters. The summed E-state index contributed by atoms with van der Waals surface area (Å²) in [6.07, 6.45) is 3.02. The minimum atomic E-state index is -0.120. The molecule has 1 fully saturated rings. The van der Waals surface area contributed by atoms with Crippen LogP contribution in [0.15, 0.2) is 5.38 Å². The lowest BCUT2D eigenvalue weighted by molar-refractivity contribution is 0.0944. The Labute approximate surface area is 138 Å². The summed E-state index contributed by atoms with van der Waals surface area (Å²) in [6.45, 7) is 3.67. The molecule has 1 aliphatic heterocycles. The first-order valence-electron chi connectivity index (χ1n) is 7.92. The SMILES string of the molecule is O=C(NCc1csc(N2CCOCC2)n1)c1n[nH]c2c1CCC2. The number of ether oxygens (including phenoxy) is 1. The molecule has 2 N–H and O–H groups in total. The van der Waals surface area contributed by atoms with E-state index < -0.39 is 0 Å². The second-order valence-corrected chi connectivity index (χ2v) is 6.62. The third kappa shape index (κ3) is 2.96. The van der Waals surface area contributed by atoms with Crippen molar-refractivity contribution in [1.82, 2.24) is 20.5 Å². The predicted octanol–water partition coefficient (Wildman–Crippen LogP) is 1.12. The third-order valence-corrected chi connectivity index (χ3v) is 5.22. The molecule has 2 aromatic rings. The van der Waals surface area contributed by atoms with Gasteiger partial charge in [-0.25, -0.2) is 4.98 Å². The molecular weight excluding hydrogens is 314 g/mol. The van der Waals surface area contributed by atoms with Crippen molar-refractivity contribution in [2.24, 2.45) is 0 Å². The fraction of sp³-hybridized carbons (Fsp3) is 0.533. The monoisotopic (exact) mass is 333 g/mol. The predicted molar refractivity (Wildman–Crippen MR) is 86.9 cm³/mol. The molecule has 0 saturated carbocycles. The zero-order valence-electron chi connectivity index (χ0n) is 12.8. The van der Waals surface area contributed by atoms with Gasteiger partial charge in [-0.05, 0) is 19.3 Å². The first kappa shape index (κ1) is 14.6. The topological polar surface area (TPSA) is 83.1 Å². The van der Waals surface area contributed by atoms with E-state index in [2.05, 4.69) is 25.4 Å². The highest BCUT2D eigenvalue weighted by Crippen LogP contribution is 2.23. The van der Waals surface area contributed by atoms with Crippen molar-refractivity contribution in [2.45, 2.75) is 25.8 Å². The van der Waals surface area contributed by atoms with Crippen LogP contribution in [-0.2, 0) is 24.1 Å². The van der Waals surface area contributed by atoms with Crippen LogP contribution in [0.5, 0.6) is 0 Å². The van der Waals surface area contributed by atoms with Crippen molar-refractivity contribution < 1.29 is 9.53 Å². The summed E-state index contributed by atoms with van der Waals surface area (Å²) in [4.78, 5) is 19.1. The summed E-state index contributed by atoms with van der Waals surface area (Å²) in [5.74, 6) is -0.120. The van der Waals surface area contributed by atoms with Crippen LogP contribution in [0.2, 0.25) is 0 Å². The number of aromatic amines is 1. The van der Waals surface area contributed by atoms with Crippen LogP contribution in [0.25, 0.3) is 0 Å². The number of thiazole rings is 1. The highest BCUT2D eigenvalue weighted by atomic mass is 32.1. The van der Waals surface area contributed by atoms with Gasteiger partial charge in [-0.3, -0.25) is 9.89 Å². The van der Waals surface area contributed by atoms with Crippen molar-refractivity contribution in [1.29, 1.82) is 0 Å². The van der Waals surface area contributed by atoms with Crippen molar-refractivity contribution in [3.05, 3.63) is 28.0 Å². The maximum Gasteiger partial charge on any atom is 0.272 e. The number of nitrogens with one attached hydrogen (secondary N) is 2. The molecule has 3 heterocycles. The van der Waals surface area contributed by atoms with E-state index in [0.29, 0.717) is 12.2 Å². The number of carbonyl (C=O) groups is 1. The molecule has 0 unspecified atom stereocenters. The normalized spacial score (nSPS) is 17.3. The Bertz CT molecular complexity index is 705. The van der Waals surface area contributed by atoms with Gasteiger partial charge in [-0.15, -0.1) is 11.3 Å². The summed E-state index contributed by atoms with van der Waals surface area (Å²) in [5.41, 5.74) is 3.62. The van der Waals surface area contributed by atoms with Crippen LogP contribution in [0.1, 0.15) is 33.9 Å². The Balaban J connectivity index is 1.37. The number of H-pyrrole nitrogens is 1. The highest BCUT2D eigenvalue weighted by Gasteiger charge is 2.23. The average Bonchev–Trinajstić information content (AvgIpc) is 3.29. The third-order valence-electron chi connectivity index (χ3n) is 4.27. The van der Waals surface area contributed by atoms with Gasteiger partial charge in [0.1, 0.15) is 0 Å². The Morgan fingerprint density at radius 3 is 3.13 bits per heavy atom. The molecule has 1 amide bonds. The quantitative estimate of drug-likeness (QED) is 0.876. The van der Waals surface area contributed by atoms with Crippen molar-refractivity contribution >= 4 is 22.4 Å². The van der Waals surface area contributed by atoms with Crippen LogP contribution in [0.3, 0.4) is 0 Å². The molecule has 1 aliphatic carbocycles. The molecule has 0 bridgehead atoms. The summed E-state index contributed by atoms with van der Waals surface area (Å²) in [5, 5.41) is 13.0. The average molecular weight is 333 g/mol. The molecule has 4 rings (SSSR count). The van der Waals surface area contributed by atoms with Crippen molar-refractivity contribution in [2.75, 3.05) is 31.2 Å². The molecule has 8 heteroatoms. The zero-order valence-corrected chi connectivity index (χ0v) is 13.6. The number of amides is 1. The van der Waals surface area contributed by atoms with Gasteiger partial charge in [0.15, 0.2) is 10.8 Å². The molecule has 2 aromatic heterocycles. The Kier molecular flexibility index (Phi) is 4.00. The second-order valence-electron chi connectivity index (χ2n) is 5.79. The molecule has 1 saturated heterocycles. The van der Waals surface area contributed by atoms with E-state index in [1.54, 1.807) is 11.3 Å². The largest absolute Gasteiger partial charge is 0.378 e. The number of hydrogen-bond acceptors (Lipinski definition) is 6. The number of morpholine rings is 1. The van der Waals surface area contributed by atoms with Gasteiger partial charge in [0.2, 0.25) is 0 Å². The summed E-state index contributed by atoms with van der Waals surface area (Å²) in [7, 11) is 0. The maximum absolute atomic E-state index is 12.3. The number of fused-ring (bicyclic) bond motifs is 1. The zero-order chi connectivity index (χ0) is 15.6. The van der Waals surface area contributed by atoms with E-state index >= 15 is 0 Å². The first-order valence-corrected chi connectivity index (χ1v) is 8.80. The number of hydrogen-bond donors (Lipinski definition) is 2. The fourth-order valence-corrected chi connectivity index (χ4v) is 3.92. The lowest BCUT2D eigenvalue weighted by Crippen LogP contribution is -2.36. The minimum absolute atomic E-state index is 0.120.